The van der Waals surface area contributed by atoms with Crippen LogP contribution in [0, 0.1) is 0 Å². The first kappa shape index (κ1) is 25.0. The molecule has 0 aliphatic carbocycles. The highest BCUT2D eigenvalue weighted by Gasteiger charge is 2.33. The fourth-order valence-corrected chi connectivity index (χ4v) is 5.07. The van der Waals surface area contributed by atoms with E-state index in [-0.39, 0.29) is 11.8 Å². The van der Waals surface area contributed by atoms with Gasteiger partial charge >= 0.3 is 0 Å². The van der Waals surface area contributed by atoms with E-state index < -0.39 is 6.10 Å². The van der Waals surface area contributed by atoms with Gasteiger partial charge in [0, 0.05) is 56.1 Å². The number of hydrogen-bond donors (Lipinski definition) is 2. The quantitative estimate of drug-likeness (QED) is 0.514. The number of nitrogens with one attached hydrogen (secondary N) is 2. The number of aromatic nitrogens is 2. The van der Waals surface area contributed by atoms with E-state index in [4.69, 9.17) is 4.74 Å². The van der Waals surface area contributed by atoms with Crippen LogP contribution in [0.5, 0.6) is 0 Å². The average molecular weight is 503 g/mol. The predicted molar refractivity (Wildman–Crippen MR) is 142 cm³/mol. The van der Waals surface area contributed by atoms with Crippen molar-refractivity contribution in [2.45, 2.75) is 39.1 Å². The molecule has 3 heterocycles. The van der Waals surface area contributed by atoms with Crippen LogP contribution in [0.3, 0.4) is 0 Å². The van der Waals surface area contributed by atoms with E-state index in [1.165, 1.54) is 7.11 Å². The van der Waals surface area contributed by atoms with Crippen molar-refractivity contribution in [2.75, 3.05) is 43.5 Å². The minimum atomic E-state index is -0.678. The Hall–Kier alpha value is -3.69. The number of carbonyl (C=O) groups excluding carboxylic acids is 2. The zero-order valence-corrected chi connectivity index (χ0v) is 21.6. The summed E-state index contributed by atoms with van der Waals surface area (Å²) < 4.78 is 5.52. The van der Waals surface area contributed by atoms with E-state index in [0.717, 1.165) is 48.7 Å². The summed E-state index contributed by atoms with van der Waals surface area (Å²) in [4.78, 5) is 32.7. The highest BCUT2D eigenvalue weighted by atomic mass is 16.5. The second-order valence-electron chi connectivity index (χ2n) is 9.87. The SMILES string of the molecule is CO[C@@H](C(=O)N1Cc2[nH]nc(NC(=O)c3ccc(N4CCN(C(C)C)CC4)cc3)c2C1)c1ccccc1. The summed E-state index contributed by atoms with van der Waals surface area (Å²) in [7, 11) is 1.54. The Labute approximate surface area is 217 Å². The second-order valence-corrected chi connectivity index (χ2v) is 9.87. The summed E-state index contributed by atoms with van der Waals surface area (Å²) in [6.07, 6.45) is -0.678. The minimum absolute atomic E-state index is 0.125. The Bertz CT molecular complexity index is 1230. The maximum Gasteiger partial charge on any atom is 0.256 e. The van der Waals surface area contributed by atoms with Gasteiger partial charge < -0.3 is 19.9 Å². The summed E-state index contributed by atoms with van der Waals surface area (Å²) in [5.74, 6) is 0.104. The molecule has 0 unspecified atom stereocenters. The van der Waals surface area contributed by atoms with E-state index in [1.54, 1.807) is 4.90 Å². The van der Waals surface area contributed by atoms with Crippen LogP contribution in [0.15, 0.2) is 54.6 Å². The molecule has 5 rings (SSSR count). The molecular formula is C28H34N6O3. The van der Waals surface area contributed by atoms with E-state index >= 15 is 0 Å². The molecule has 1 saturated heterocycles. The van der Waals surface area contributed by atoms with Gasteiger partial charge in [-0.1, -0.05) is 30.3 Å². The van der Waals surface area contributed by atoms with Crippen molar-refractivity contribution >= 4 is 23.3 Å². The lowest BCUT2D eigenvalue weighted by Gasteiger charge is -2.38. The molecule has 194 valence electrons. The van der Waals surface area contributed by atoms with Crippen molar-refractivity contribution in [3.63, 3.8) is 0 Å². The van der Waals surface area contributed by atoms with Gasteiger partial charge in [-0.2, -0.15) is 5.10 Å². The van der Waals surface area contributed by atoms with Gasteiger partial charge in [0.25, 0.3) is 11.8 Å². The largest absolute Gasteiger partial charge is 0.369 e. The molecule has 3 aromatic rings. The molecule has 2 aromatic carbocycles. The molecule has 37 heavy (non-hydrogen) atoms. The summed E-state index contributed by atoms with van der Waals surface area (Å²) in [6.45, 7) is 9.25. The molecule has 1 fully saturated rings. The smallest absolute Gasteiger partial charge is 0.256 e. The van der Waals surface area contributed by atoms with Gasteiger partial charge in [0.15, 0.2) is 11.9 Å². The molecule has 0 saturated carbocycles. The number of fused-ring (bicyclic) bond motifs is 1. The standard InChI is InChI=1S/C28H34N6O3/c1-19(2)32-13-15-33(16-14-32)22-11-9-21(10-12-22)27(35)29-26-23-17-34(18-24(23)30-31-26)28(36)25(37-3)20-7-5-4-6-8-20/h4-12,19,25H,13-18H2,1-3H3,(H2,29,30,31,35)/t25-/m1/s1. The Morgan fingerprint density at radius 3 is 2.32 bits per heavy atom. The minimum Gasteiger partial charge on any atom is -0.369 e. The fourth-order valence-electron chi connectivity index (χ4n) is 5.07. The topological polar surface area (TPSA) is 93.8 Å². The van der Waals surface area contributed by atoms with Crippen molar-refractivity contribution < 1.29 is 14.3 Å². The zero-order chi connectivity index (χ0) is 25.9. The summed E-state index contributed by atoms with van der Waals surface area (Å²) in [5, 5.41) is 10.2. The molecule has 2 amide bonds. The van der Waals surface area contributed by atoms with Crippen LogP contribution in [0.25, 0.3) is 0 Å². The third kappa shape index (κ3) is 5.23. The summed E-state index contributed by atoms with van der Waals surface area (Å²) in [6, 6.07) is 17.7. The number of nitrogens with zero attached hydrogens (tertiary/aromatic N) is 4. The molecule has 2 N–H and O–H groups in total. The number of amides is 2. The van der Waals surface area contributed by atoms with Gasteiger partial charge in [0.05, 0.1) is 18.8 Å². The Morgan fingerprint density at radius 2 is 1.68 bits per heavy atom. The van der Waals surface area contributed by atoms with Crippen LogP contribution in [-0.4, -0.2) is 71.1 Å². The van der Waals surface area contributed by atoms with E-state index in [1.807, 2.05) is 54.6 Å². The predicted octanol–water partition coefficient (Wildman–Crippen LogP) is 3.42. The van der Waals surface area contributed by atoms with Gasteiger partial charge in [-0.15, -0.1) is 0 Å². The van der Waals surface area contributed by atoms with E-state index in [2.05, 4.69) is 39.2 Å². The zero-order valence-electron chi connectivity index (χ0n) is 21.6. The van der Waals surface area contributed by atoms with Gasteiger partial charge in [-0.3, -0.25) is 19.6 Å². The molecular weight excluding hydrogens is 468 g/mol. The highest BCUT2D eigenvalue weighted by Crippen LogP contribution is 2.31. The summed E-state index contributed by atoms with van der Waals surface area (Å²) >= 11 is 0. The van der Waals surface area contributed by atoms with Gasteiger partial charge in [0.2, 0.25) is 0 Å². The van der Waals surface area contributed by atoms with Crippen LogP contribution in [-0.2, 0) is 22.6 Å². The Balaban J connectivity index is 1.21. The number of benzene rings is 2. The third-order valence-corrected chi connectivity index (χ3v) is 7.30. The van der Waals surface area contributed by atoms with Crippen molar-refractivity contribution in [1.29, 1.82) is 0 Å². The lowest BCUT2D eigenvalue weighted by atomic mass is 10.1. The number of anilines is 2. The second kappa shape index (κ2) is 10.7. The number of H-pyrrole nitrogens is 1. The van der Waals surface area contributed by atoms with Crippen molar-refractivity contribution in [1.82, 2.24) is 20.0 Å². The number of methoxy groups -OCH3 is 1. The van der Waals surface area contributed by atoms with Crippen LogP contribution in [0.1, 0.15) is 47.1 Å². The van der Waals surface area contributed by atoms with Crippen LogP contribution in [0.4, 0.5) is 11.5 Å². The van der Waals surface area contributed by atoms with Gasteiger partial charge in [0.1, 0.15) is 0 Å². The van der Waals surface area contributed by atoms with E-state index in [0.29, 0.717) is 30.5 Å². The van der Waals surface area contributed by atoms with Crippen LogP contribution < -0.4 is 10.2 Å². The maximum atomic E-state index is 13.2. The molecule has 0 spiro atoms. The van der Waals surface area contributed by atoms with Crippen molar-refractivity contribution in [2.24, 2.45) is 0 Å². The Morgan fingerprint density at radius 1 is 0.973 bits per heavy atom. The monoisotopic (exact) mass is 502 g/mol. The number of piperazine rings is 1. The maximum absolute atomic E-state index is 13.2. The number of rotatable bonds is 7. The van der Waals surface area contributed by atoms with Gasteiger partial charge in [-0.25, -0.2) is 0 Å². The van der Waals surface area contributed by atoms with Gasteiger partial charge in [-0.05, 0) is 43.7 Å². The number of hydrogen-bond acceptors (Lipinski definition) is 6. The van der Waals surface area contributed by atoms with Crippen molar-refractivity contribution in [3.8, 4) is 0 Å². The first-order chi connectivity index (χ1) is 17.9. The third-order valence-electron chi connectivity index (χ3n) is 7.30. The van der Waals surface area contributed by atoms with Crippen LogP contribution in [0.2, 0.25) is 0 Å². The lowest BCUT2D eigenvalue weighted by molar-refractivity contribution is -0.143. The molecule has 0 radical (unpaired) electrons. The summed E-state index contributed by atoms with van der Waals surface area (Å²) in [5.41, 5.74) is 4.14. The first-order valence-corrected chi connectivity index (χ1v) is 12.8. The molecule has 1 atom stereocenters. The lowest BCUT2D eigenvalue weighted by Crippen LogP contribution is -2.48. The highest BCUT2D eigenvalue weighted by molar-refractivity contribution is 6.04. The molecule has 2 aliphatic rings. The van der Waals surface area contributed by atoms with Crippen molar-refractivity contribution in [3.05, 3.63) is 77.0 Å². The average Bonchev–Trinajstić information content (AvgIpc) is 3.52. The molecule has 2 aliphatic heterocycles. The number of aromatic amines is 1. The van der Waals surface area contributed by atoms with E-state index in [9.17, 15) is 9.59 Å². The molecule has 1 aromatic heterocycles. The first-order valence-electron chi connectivity index (χ1n) is 12.8. The fraction of sp³-hybridized carbons (Fsp3) is 0.393. The molecule has 0 bridgehead atoms. The normalized spacial score (nSPS) is 16.6. The Kier molecular flexibility index (Phi) is 7.25. The number of ether oxygens (including phenoxy) is 1. The molecule has 9 heteroatoms. The number of carbonyl (C=O) groups is 2. The van der Waals surface area contributed by atoms with Crippen LogP contribution >= 0.6 is 0 Å². The molecule has 9 nitrogen and oxygen atoms in total.